The Kier molecular flexibility index (Phi) is 4.74. The summed E-state index contributed by atoms with van der Waals surface area (Å²) in [6.45, 7) is 0.566. The van der Waals surface area contributed by atoms with E-state index < -0.39 is 23.1 Å². The Balaban J connectivity index is 1.64. The zero-order chi connectivity index (χ0) is 18.8. The third-order valence-electron chi connectivity index (χ3n) is 4.58. The summed E-state index contributed by atoms with van der Waals surface area (Å²) in [4.78, 5) is 48.4. The minimum atomic E-state index is -1.08. The van der Waals surface area contributed by atoms with Crippen LogP contribution in [0.3, 0.4) is 0 Å². The number of nitro groups is 1. The van der Waals surface area contributed by atoms with Crippen molar-refractivity contribution in [3.05, 3.63) is 39.9 Å². The quantitative estimate of drug-likeness (QED) is 0.483. The number of amides is 2. The number of rotatable bonds is 3. The summed E-state index contributed by atoms with van der Waals surface area (Å²) >= 11 is 0. The first-order valence-corrected chi connectivity index (χ1v) is 8.08. The molecular weight excluding hydrogens is 346 g/mol. The molecule has 3 rings (SSSR count). The van der Waals surface area contributed by atoms with Crippen molar-refractivity contribution in [2.45, 2.75) is 25.0 Å². The molecule has 2 aliphatic heterocycles. The lowest BCUT2D eigenvalue weighted by Crippen LogP contribution is -2.40. The number of nitrogens with zero attached hydrogens (tertiary/aromatic N) is 3. The predicted molar refractivity (Wildman–Crippen MR) is 86.6 cm³/mol. The average molecular weight is 363 g/mol. The second-order valence-electron chi connectivity index (χ2n) is 6.25. The predicted octanol–water partition coefficient (Wildman–Crippen LogP) is 1.10. The molecule has 0 bridgehead atoms. The lowest BCUT2D eigenvalue weighted by molar-refractivity contribution is -0.384. The summed E-state index contributed by atoms with van der Waals surface area (Å²) in [5, 5.41) is 19.8. The van der Waals surface area contributed by atoms with Crippen molar-refractivity contribution < 1.29 is 29.2 Å². The Morgan fingerprint density at radius 2 is 1.92 bits per heavy atom. The van der Waals surface area contributed by atoms with Crippen molar-refractivity contribution in [2.75, 3.05) is 19.6 Å². The van der Waals surface area contributed by atoms with Crippen molar-refractivity contribution in [2.24, 2.45) is 0 Å². The van der Waals surface area contributed by atoms with Crippen LogP contribution in [0.1, 0.15) is 23.2 Å². The van der Waals surface area contributed by atoms with Crippen LogP contribution in [-0.2, 0) is 9.53 Å². The molecule has 0 spiro atoms. The van der Waals surface area contributed by atoms with E-state index in [4.69, 9.17) is 9.84 Å². The van der Waals surface area contributed by atoms with Gasteiger partial charge in [0.05, 0.1) is 23.1 Å². The number of hydrogen-bond acceptors (Lipinski definition) is 6. The maximum absolute atomic E-state index is 12.2. The number of fused-ring (bicyclic) bond motifs is 1. The summed E-state index contributed by atoms with van der Waals surface area (Å²) < 4.78 is 5.41. The largest absolute Gasteiger partial charge is 0.465 e. The Labute approximate surface area is 148 Å². The van der Waals surface area contributed by atoms with Gasteiger partial charge in [0.25, 0.3) is 5.69 Å². The van der Waals surface area contributed by atoms with Crippen molar-refractivity contribution in [3.8, 4) is 0 Å². The molecule has 0 aromatic heterocycles. The third kappa shape index (κ3) is 3.58. The van der Waals surface area contributed by atoms with Gasteiger partial charge in [-0.05, 0) is 12.1 Å². The molecule has 2 fully saturated rings. The first kappa shape index (κ1) is 17.6. The molecule has 1 aromatic carbocycles. The van der Waals surface area contributed by atoms with E-state index in [1.807, 2.05) is 0 Å². The second kappa shape index (κ2) is 6.98. The van der Waals surface area contributed by atoms with Gasteiger partial charge in [0.2, 0.25) is 5.91 Å². The van der Waals surface area contributed by atoms with E-state index in [1.54, 1.807) is 4.90 Å². The molecule has 1 aromatic rings. The normalized spacial score (nSPS) is 22.5. The first-order valence-electron chi connectivity index (χ1n) is 8.08. The maximum Gasteiger partial charge on any atom is 0.407 e. The molecule has 0 aliphatic carbocycles. The van der Waals surface area contributed by atoms with Crippen LogP contribution in [0.25, 0.3) is 0 Å². The van der Waals surface area contributed by atoms with Gasteiger partial charge >= 0.3 is 12.1 Å². The van der Waals surface area contributed by atoms with Crippen LogP contribution in [0.5, 0.6) is 0 Å². The number of benzene rings is 1. The van der Waals surface area contributed by atoms with E-state index in [0.29, 0.717) is 6.42 Å². The lowest BCUT2D eigenvalue weighted by Gasteiger charge is -2.23. The summed E-state index contributed by atoms with van der Waals surface area (Å²) in [6, 6.07) is 4.73. The summed E-state index contributed by atoms with van der Waals surface area (Å²) in [7, 11) is 0. The molecule has 2 amide bonds. The smallest absolute Gasteiger partial charge is 0.407 e. The minimum absolute atomic E-state index is 0.103. The van der Waals surface area contributed by atoms with E-state index in [9.17, 15) is 24.5 Å². The average Bonchev–Trinajstić information content (AvgIpc) is 2.93. The van der Waals surface area contributed by atoms with Crippen molar-refractivity contribution >= 4 is 23.7 Å². The fraction of sp³-hybridized carbons (Fsp3) is 0.438. The van der Waals surface area contributed by atoms with Crippen molar-refractivity contribution in [3.63, 3.8) is 0 Å². The van der Waals surface area contributed by atoms with E-state index in [1.165, 1.54) is 29.2 Å². The van der Waals surface area contributed by atoms with Gasteiger partial charge in [-0.2, -0.15) is 0 Å². The number of nitro benzene ring substituents is 1. The Hall–Kier alpha value is -3.17. The Morgan fingerprint density at radius 1 is 1.23 bits per heavy atom. The van der Waals surface area contributed by atoms with Gasteiger partial charge < -0.3 is 19.6 Å². The third-order valence-corrected chi connectivity index (χ3v) is 4.58. The van der Waals surface area contributed by atoms with Gasteiger partial charge in [-0.1, -0.05) is 0 Å². The number of carbonyl (C=O) groups is 3. The van der Waals surface area contributed by atoms with Crippen LogP contribution in [0, 0.1) is 10.1 Å². The zero-order valence-corrected chi connectivity index (χ0v) is 13.7. The van der Waals surface area contributed by atoms with Crippen LogP contribution in [0.15, 0.2) is 24.3 Å². The monoisotopic (exact) mass is 363 g/mol. The highest BCUT2D eigenvalue weighted by atomic mass is 16.6. The fourth-order valence-electron chi connectivity index (χ4n) is 3.27. The van der Waals surface area contributed by atoms with E-state index in [0.717, 1.165) is 0 Å². The molecule has 10 heteroatoms. The number of carboxylic acid groups (broad SMARTS) is 1. The Morgan fingerprint density at radius 3 is 2.54 bits per heavy atom. The van der Waals surface area contributed by atoms with Crippen LogP contribution in [0.2, 0.25) is 0 Å². The summed E-state index contributed by atoms with van der Waals surface area (Å²) in [6.07, 6.45) is -1.16. The highest BCUT2D eigenvalue weighted by molar-refractivity contribution is 5.89. The molecule has 0 unspecified atom stereocenters. The topological polar surface area (TPSA) is 130 Å². The SMILES string of the molecule is O=C(O[C@H]1C[C@H]2CN(C(=O)O)CCC(=O)N2C1)c1ccc([N+](=O)[O-])cc1. The van der Waals surface area contributed by atoms with Crippen LogP contribution >= 0.6 is 0 Å². The minimum Gasteiger partial charge on any atom is -0.465 e. The van der Waals surface area contributed by atoms with Gasteiger partial charge in [0.15, 0.2) is 0 Å². The highest BCUT2D eigenvalue weighted by Crippen LogP contribution is 2.25. The number of carbonyl (C=O) groups excluding carboxylic acids is 2. The molecule has 2 atom stereocenters. The van der Waals surface area contributed by atoms with Gasteiger partial charge in [-0.25, -0.2) is 9.59 Å². The molecule has 26 heavy (non-hydrogen) atoms. The fourth-order valence-corrected chi connectivity index (χ4v) is 3.27. The molecule has 2 aliphatic rings. The molecule has 0 radical (unpaired) electrons. The number of non-ortho nitro benzene ring substituents is 1. The van der Waals surface area contributed by atoms with Gasteiger partial charge in [0, 0.05) is 38.1 Å². The Bertz CT molecular complexity index is 749. The zero-order valence-electron chi connectivity index (χ0n) is 13.7. The number of hydrogen-bond donors (Lipinski definition) is 1. The maximum atomic E-state index is 12.2. The number of ether oxygens (including phenoxy) is 1. The lowest BCUT2D eigenvalue weighted by atomic mass is 10.2. The molecule has 138 valence electrons. The van der Waals surface area contributed by atoms with E-state index in [-0.39, 0.29) is 49.3 Å². The van der Waals surface area contributed by atoms with Gasteiger partial charge in [0.1, 0.15) is 6.10 Å². The molecule has 10 nitrogen and oxygen atoms in total. The molecule has 2 heterocycles. The molecule has 0 saturated carbocycles. The van der Waals surface area contributed by atoms with Gasteiger partial charge in [-0.15, -0.1) is 0 Å². The van der Waals surface area contributed by atoms with Crippen molar-refractivity contribution in [1.29, 1.82) is 0 Å². The number of esters is 1. The highest BCUT2D eigenvalue weighted by Gasteiger charge is 2.40. The first-order chi connectivity index (χ1) is 12.3. The standard InChI is InChI=1S/C16H17N3O7/c20-14-5-6-17(16(22)23)8-12-7-13(9-18(12)14)26-15(21)10-1-3-11(4-2-10)19(24)25/h1-4,12-13H,5-9H2,(H,22,23)/t12-,13-/m0/s1. The summed E-state index contributed by atoms with van der Waals surface area (Å²) in [5.74, 6) is -0.794. The molecule has 1 N–H and O–H groups in total. The van der Waals surface area contributed by atoms with E-state index >= 15 is 0 Å². The van der Waals surface area contributed by atoms with Crippen LogP contribution < -0.4 is 0 Å². The van der Waals surface area contributed by atoms with Gasteiger partial charge in [-0.3, -0.25) is 14.9 Å². The molecule has 2 saturated heterocycles. The summed E-state index contributed by atoms with van der Waals surface area (Å²) in [5.41, 5.74) is 0.0475. The van der Waals surface area contributed by atoms with E-state index in [2.05, 4.69) is 0 Å². The molecular formula is C16H17N3O7. The van der Waals surface area contributed by atoms with Crippen LogP contribution in [-0.4, -0.2) is 69.6 Å². The van der Waals surface area contributed by atoms with Crippen molar-refractivity contribution in [1.82, 2.24) is 9.80 Å². The second-order valence-corrected chi connectivity index (χ2v) is 6.25. The van der Waals surface area contributed by atoms with Crippen LogP contribution in [0.4, 0.5) is 10.5 Å².